The molecule has 7 heteroatoms. The molecule has 0 unspecified atom stereocenters. The lowest BCUT2D eigenvalue weighted by Gasteiger charge is -2.43. The van der Waals surface area contributed by atoms with Crippen LogP contribution in [0, 0.1) is 11.8 Å². The third-order valence-electron chi connectivity index (χ3n) is 6.19. The van der Waals surface area contributed by atoms with Gasteiger partial charge in [0.25, 0.3) is 0 Å². The highest BCUT2D eigenvalue weighted by Crippen LogP contribution is 2.51. The molecule has 0 amide bonds. The molecule has 3 rings (SSSR count). The topological polar surface area (TPSA) is 65.0 Å². The Kier molecular flexibility index (Phi) is 8.91. The second-order valence-electron chi connectivity index (χ2n) is 9.28. The summed E-state index contributed by atoms with van der Waals surface area (Å²) in [5.41, 5.74) is 2.81. The molecule has 1 fully saturated rings. The number of hydrogen-bond acceptors (Lipinski definition) is 4. The van der Waals surface area contributed by atoms with E-state index in [4.69, 9.17) is 37.4 Å². The highest BCUT2D eigenvalue weighted by Gasteiger charge is 2.41. The molecule has 0 aromatic heterocycles. The molecule has 184 valence electrons. The standard InChI is InChI=1S/C27H32Cl2O5/c1-15(2)10-23-21(17-6-8-18(28)9-7-17)13-20(16(3)4)26(34-23)22-11-19(29)12-24(32-5)27(22)33-14-25(30)31/h6-9,11-12,15,20-21,23,26H,3,10,13-14H2,1-2,4-5H3,(H,30,31)/t20-,21-,23+,26+/m0/s1. The Labute approximate surface area is 211 Å². The molecular formula is C27H32Cl2O5. The van der Waals surface area contributed by atoms with Crippen molar-refractivity contribution in [3.05, 3.63) is 69.7 Å². The van der Waals surface area contributed by atoms with Gasteiger partial charge in [-0.2, -0.15) is 0 Å². The van der Waals surface area contributed by atoms with Crippen molar-refractivity contribution in [2.75, 3.05) is 13.7 Å². The van der Waals surface area contributed by atoms with Gasteiger partial charge in [-0.25, -0.2) is 4.79 Å². The van der Waals surface area contributed by atoms with E-state index in [1.807, 2.05) is 19.1 Å². The van der Waals surface area contributed by atoms with Gasteiger partial charge in [0.2, 0.25) is 0 Å². The highest BCUT2D eigenvalue weighted by molar-refractivity contribution is 6.31. The van der Waals surface area contributed by atoms with E-state index in [1.165, 1.54) is 12.7 Å². The lowest BCUT2D eigenvalue weighted by Crippen LogP contribution is -2.37. The molecule has 5 nitrogen and oxygen atoms in total. The predicted octanol–water partition coefficient (Wildman–Crippen LogP) is 7.32. The predicted molar refractivity (Wildman–Crippen MR) is 135 cm³/mol. The van der Waals surface area contributed by atoms with E-state index in [2.05, 4.69) is 32.6 Å². The van der Waals surface area contributed by atoms with Crippen molar-refractivity contribution in [2.24, 2.45) is 11.8 Å². The van der Waals surface area contributed by atoms with E-state index >= 15 is 0 Å². The Hall–Kier alpha value is -2.21. The van der Waals surface area contributed by atoms with Crippen molar-refractivity contribution in [2.45, 2.75) is 51.7 Å². The number of benzene rings is 2. The average Bonchev–Trinajstić information content (AvgIpc) is 2.77. The minimum Gasteiger partial charge on any atom is -0.493 e. The molecule has 0 aliphatic carbocycles. The quantitative estimate of drug-likeness (QED) is 0.361. The van der Waals surface area contributed by atoms with E-state index < -0.39 is 18.7 Å². The van der Waals surface area contributed by atoms with Crippen LogP contribution in [0.25, 0.3) is 0 Å². The summed E-state index contributed by atoms with van der Waals surface area (Å²) in [6, 6.07) is 11.3. The van der Waals surface area contributed by atoms with Gasteiger partial charge in [0.15, 0.2) is 18.1 Å². The number of methoxy groups -OCH3 is 1. The van der Waals surface area contributed by atoms with Crippen molar-refractivity contribution in [1.29, 1.82) is 0 Å². The Balaban J connectivity index is 2.08. The molecular weight excluding hydrogens is 475 g/mol. The maximum absolute atomic E-state index is 11.2. The number of aliphatic carboxylic acids is 1. The molecule has 0 spiro atoms. The van der Waals surface area contributed by atoms with E-state index in [1.54, 1.807) is 12.1 Å². The number of carbonyl (C=O) groups is 1. The number of halogens is 2. The zero-order valence-corrected chi connectivity index (χ0v) is 21.5. The molecule has 1 aliphatic heterocycles. The summed E-state index contributed by atoms with van der Waals surface area (Å²) >= 11 is 12.6. The SMILES string of the molecule is C=C(C)[C@@H]1C[C@@H](c2ccc(Cl)cc2)[C@@H](CC(C)C)O[C@H]1c1cc(Cl)cc(OC)c1OCC(=O)O. The highest BCUT2D eigenvalue weighted by atomic mass is 35.5. The molecule has 2 aromatic carbocycles. The Morgan fingerprint density at radius 2 is 1.88 bits per heavy atom. The van der Waals surface area contributed by atoms with Gasteiger partial charge in [-0.15, -0.1) is 0 Å². The summed E-state index contributed by atoms with van der Waals surface area (Å²) in [5.74, 6) is 0.149. The molecule has 0 radical (unpaired) electrons. The van der Waals surface area contributed by atoms with Crippen LogP contribution in [0.5, 0.6) is 11.5 Å². The molecule has 0 bridgehead atoms. The van der Waals surface area contributed by atoms with Crippen LogP contribution in [-0.4, -0.2) is 30.9 Å². The fraction of sp³-hybridized carbons (Fsp3) is 0.444. The molecule has 1 aliphatic rings. The lowest BCUT2D eigenvalue weighted by molar-refractivity contribution is -0.139. The zero-order chi connectivity index (χ0) is 25.0. The summed E-state index contributed by atoms with van der Waals surface area (Å²) in [5, 5.41) is 10.4. The molecule has 1 heterocycles. The molecule has 1 saturated heterocycles. The van der Waals surface area contributed by atoms with Crippen LogP contribution in [0.2, 0.25) is 10.0 Å². The Bertz CT molecular complexity index is 1020. The van der Waals surface area contributed by atoms with Crippen molar-refractivity contribution in [1.82, 2.24) is 0 Å². The van der Waals surface area contributed by atoms with Crippen LogP contribution >= 0.6 is 23.2 Å². The Morgan fingerprint density at radius 1 is 1.21 bits per heavy atom. The van der Waals surface area contributed by atoms with Crippen LogP contribution in [0.4, 0.5) is 0 Å². The summed E-state index contributed by atoms with van der Waals surface area (Å²) in [6.07, 6.45) is 1.18. The molecule has 2 aromatic rings. The van der Waals surface area contributed by atoms with Crippen molar-refractivity contribution in [3.63, 3.8) is 0 Å². The lowest BCUT2D eigenvalue weighted by atomic mass is 9.74. The number of carboxylic acids is 1. The third-order valence-corrected chi connectivity index (χ3v) is 6.66. The number of carboxylic acid groups (broad SMARTS) is 1. The molecule has 0 saturated carbocycles. The maximum Gasteiger partial charge on any atom is 0.341 e. The van der Waals surface area contributed by atoms with Gasteiger partial charge in [-0.1, -0.05) is 61.3 Å². The first-order chi connectivity index (χ1) is 16.1. The molecule has 4 atom stereocenters. The molecule has 1 N–H and O–H groups in total. The summed E-state index contributed by atoms with van der Waals surface area (Å²) in [6.45, 7) is 10.1. The van der Waals surface area contributed by atoms with Crippen LogP contribution < -0.4 is 9.47 Å². The van der Waals surface area contributed by atoms with Gasteiger partial charge in [0, 0.05) is 33.5 Å². The fourth-order valence-corrected chi connectivity index (χ4v) is 5.00. The normalized spacial score (nSPS) is 22.4. The minimum absolute atomic E-state index is 0.0422. The summed E-state index contributed by atoms with van der Waals surface area (Å²) in [4.78, 5) is 11.2. The first-order valence-electron chi connectivity index (χ1n) is 11.4. The number of ether oxygens (including phenoxy) is 3. The van der Waals surface area contributed by atoms with Gasteiger partial charge in [0.05, 0.1) is 19.3 Å². The monoisotopic (exact) mass is 506 g/mol. The second kappa shape index (κ2) is 11.5. The van der Waals surface area contributed by atoms with E-state index in [0.29, 0.717) is 33.0 Å². The zero-order valence-electron chi connectivity index (χ0n) is 20.0. The van der Waals surface area contributed by atoms with Gasteiger partial charge >= 0.3 is 5.97 Å². The van der Waals surface area contributed by atoms with Gasteiger partial charge in [0.1, 0.15) is 0 Å². The van der Waals surface area contributed by atoms with Crippen LogP contribution in [0.15, 0.2) is 48.6 Å². The van der Waals surface area contributed by atoms with E-state index in [-0.39, 0.29) is 17.9 Å². The first-order valence-corrected chi connectivity index (χ1v) is 12.1. The minimum atomic E-state index is -1.08. The number of rotatable bonds is 9. The summed E-state index contributed by atoms with van der Waals surface area (Å²) < 4.78 is 18.0. The van der Waals surface area contributed by atoms with E-state index in [9.17, 15) is 9.90 Å². The van der Waals surface area contributed by atoms with Crippen molar-refractivity contribution in [3.8, 4) is 11.5 Å². The van der Waals surface area contributed by atoms with Gasteiger partial charge in [-0.05, 0) is 49.4 Å². The Morgan fingerprint density at radius 3 is 2.44 bits per heavy atom. The van der Waals surface area contributed by atoms with Crippen LogP contribution in [0.3, 0.4) is 0 Å². The van der Waals surface area contributed by atoms with Crippen molar-refractivity contribution < 1.29 is 24.1 Å². The third kappa shape index (κ3) is 6.26. The fourth-order valence-electron chi connectivity index (χ4n) is 4.66. The van der Waals surface area contributed by atoms with Crippen molar-refractivity contribution >= 4 is 29.2 Å². The second-order valence-corrected chi connectivity index (χ2v) is 10.2. The average molecular weight is 507 g/mol. The number of hydrogen-bond donors (Lipinski definition) is 1. The smallest absolute Gasteiger partial charge is 0.341 e. The van der Waals surface area contributed by atoms with Crippen LogP contribution in [0.1, 0.15) is 56.8 Å². The molecule has 34 heavy (non-hydrogen) atoms. The summed E-state index contributed by atoms with van der Waals surface area (Å²) in [7, 11) is 1.50. The van der Waals surface area contributed by atoms with E-state index in [0.717, 1.165) is 18.4 Å². The van der Waals surface area contributed by atoms with Crippen LogP contribution in [-0.2, 0) is 9.53 Å². The largest absolute Gasteiger partial charge is 0.493 e. The first kappa shape index (κ1) is 26.4. The van der Waals surface area contributed by atoms with Gasteiger partial charge < -0.3 is 19.3 Å². The van der Waals surface area contributed by atoms with Gasteiger partial charge in [-0.3, -0.25) is 0 Å². The maximum atomic E-state index is 11.2.